The molecule has 2 N–H and O–H groups in total. The Morgan fingerprint density at radius 1 is 1.64 bits per heavy atom. The highest BCUT2D eigenvalue weighted by molar-refractivity contribution is 5.11. The lowest BCUT2D eigenvalue weighted by molar-refractivity contribution is 0.258. The largest absolute Gasteiger partial charge is 0.347 e. The van der Waals surface area contributed by atoms with Crippen molar-refractivity contribution in [2.24, 2.45) is 0 Å². The number of rotatable bonds is 3. The number of H-pyrrole nitrogens is 1. The minimum absolute atomic E-state index is 0.219. The average molecular weight is 191 g/mol. The summed E-state index contributed by atoms with van der Waals surface area (Å²) in [6.45, 7) is 6.42. The number of aromatic amines is 1. The van der Waals surface area contributed by atoms with E-state index >= 15 is 0 Å². The van der Waals surface area contributed by atoms with Crippen LogP contribution in [0.4, 0.5) is 0 Å². The standard InChI is InChI=1S/C10H15N4/c1-2-3-10(8-11-4-7-14-10)9-12-5-6-13-9/h2,5-6,11H,1,3-4,7-8H2,(H,12,13). The zero-order valence-electron chi connectivity index (χ0n) is 8.16. The quantitative estimate of drug-likeness (QED) is 0.679. The third kappa shape index (κ3) is 1.58. The maximum absolute atomic E-state index is 4.67. The normalized spacial score (nSPS) is 27.4. The summed E-state index contributed by atoms with van der Waals surface area (Å²) in [6.07, 6.45) is 6.33. The molecule has 1 unspecified atom stereocenters. The Bertz CT molecular complexity index is 285. The van der Waals surface area contributed by atoms with Gasteiger partial charge in [-0.2, -0.15) is 0 Å². The molecule has 75 valence electrons. The van der Waals surface area contributed by atoms with E-state index in [4.69, 9.17) is 0 Å². The fourth-order valence-corrected chi connectivity index (χ4v) is 1.85. The van der Waals surface area contributed by atoms with Gasteiger partial charge in [0.2, 0.25) is 0 Å². The van der Waals surface area contributed by atoms with E-state index in [2.05, 4.69) is 27.2 Å². The van der Waals surface area contributed by atoms with E-state index in [1.165, 1.54) is 0 Å². The van der Waals surface area contributed by atoms with Crippen LogP contribution in [-0.4, -0.2) is 29.6 Å². The highest BCUT2D eigenvalue weighted by Gasteiger charge is 2.35. The van der Waals surface area contributed by atoms with E-state index in [-0.39, 0.29) is 5.54 Å². The van der Waals surface area contributed by atoms with Crippen molar-refractivity contribution in [1.29, 1.82) is 0 Å². The van der Waals surface area contributed by atoms with Crippen molar-refractivity contribution in [2.75, 3.05) is 19.6 Å². The first-order valence-corrected chi connectivity index (χ1v) is 4.87. The van der Waals surface area contributed by atoms with E-state index in [0.717, 1.165) is 31.9 Å². The van der Waals surface area contributed by atoms with Crippen LogP contribution < -0.4 is 10.6 Å². The van der Waals surface area contributed by atoms with Crippen molar-refractivity contribution < 1.29 is 0 Å². The number of piperazine rings is 1. The van der Waals surface area contributed by atoms with Crippen molar-refractivity contribution >= 4 is 0 Å². The lowest BCUT2D eigenvalue weighted by atomic mass is 9.92. The predicted molar refractivity (Wildman–Crippen MR) is 55.0 cm³/mol. The minimum Gasteiger partial charge on any atom is -0.347 e. The monoisotopic (exact) mass is 191 g/mol. The van der Waals surface area contributed by atoms with Crippen molar-refractivity contribution in [3.05, 3.63) is 30.9 Å². The molecule has 1 atom stereocenters. The molecule has 4 nitrogen and oxygen atoms in total. The molecular formula is C10H15N4. The van der Waals surface area contributed by atoms with E-state index in [1.807, 2.05) is 12.3 Å². The summed E-state index contributed by atoms with van der Waals surface area (Å²) in [7, 11) is 0. The molecule has 4 heteroatoms. The number of hydrogen-bond acceptors (Lipinski definition) is 2. The first-order valence-electron chi connectivity index (χ1n) is 4.87. The molecule has 0 bridgehead atoms. The predicted octanol–water partition coefficient (Wildman–Crippen LogP) is 0.389. The molecule has 1 fully saturated rings. The zero-order chi connectivity index (χ0) is 9.86. The lowest BCUT2D eigenvalue weighted by Gasteiger charge is -2.34. The van der Waals surface area contributed by atoms with E-state index < -0.39 is 0 Å². The number of imidazole rings is 1. The van der Waals surface area contributed by atoms with E-state index in [9.17, 15) is 0 Å². The molecule has 1 aliphatic heterocycles. The van der Waals surface area contributed by atoms with Crippen LogP contribution in [0.3, 0.4) is 0 Å². The topological polar surface area (TPSA) is 54.8 Å². The van der Waals surface area contributed by atoms with Crippen LogP contribution in [0.25, 0.3) is 0 Å². The molecule has 2 heterocycles. The summed E-state index contributed by atoms with van der Waals surface area (Å²) < 4.78 is 0. The molecule has 1 aromatic rings. The van der Waals surface area contributed by atoms with Gasteiger partial charge >= 0.3 is 0 Å². The van der Waals surface area contributed by atoms with Gasteiger partial charge in [0.1, 0.15) is 11.4 Å². The second-order valence-corrected chi connectivity index (χ2v) is 3.52. The molecule has 0 spiro atoms. The van der Waals surface area contributed by atoms with Gasteiger partial charge in [-0.1, -0.05) is 6.08 Å². The van der Waals surface area contributed by atoms with Crippen LogP contribution >= 0.6 is 0 Å². The molecule has 2 rings (SSSR count). The van der Waals surface area contributed by atoms with Gasteiger partial charge in [0.05, 0.1) is 0 Å². The molecule has 1 saturated heterocycles. The van der Waals surface area contributed by atoms with Gasteiger partial charge in [-0.3, -0.25) is 0 Å². The summed E-state index contributed by atoms with van der Waals surface area (Å²) in [6, 6.07) is 0. The van der Waals surface area contributed by atoms with Gasteiger partial charge in [-0.05, 0) is 6.42 Å². The molecule has 0 saturated carbocycles. The van der Waals surface area contributed by atoms with Crippen LogP contribution in [0, 0.1) is 0 Å². The smallest absolute Gasteiger partial charge is 0.129 e. The summed E-state index contributed by atoms with van der Waals surface area (Å²) >= 11 is 0. The Balaban J connectivity index is 2.24. The van der Waals surface area contributed by atoms with Crippen molar-refractivity contribution in [3.63, 3.8) is 0 Å². The molecule has 0 aromatic carbocycles. The number of nitrogens with zero attached hydrogens (tertiary/aromatic N) is 2. The Hall–Kier alpha value is -1.13. The van der Waals surface area contributed by atoms with Crippen molar-refractivity contribution in [1.82, 2.24) is 20.6 Å². The molecule has 1 aliphatic rings. The second kappa shape index (κ2) is 3.94. The molecule has 1 radical (unpaired) electrons. The van der Waals surface area contributed by atoms with Crippen molar-refractivity contribution in [2.45, 2.75) is 12.0 Å². The highest BCUT2D eigenvalue weighted by atomic mass is 15.1. The summed E-state index contributed by atoms with van der Waals surface area (Å²) in [4.78, 5) is 7.43. The number of hydrogen-bond donors (Lipinski definition) is 2. The third-order valence-corrected chi connectivity index (χ3v) is 2.54. The zero-order valence-corrected chi connectivity index (χ0v) is 8.16. The SMILES string of the molecule is C=CCC1(c2ncc[nH]2)CNCC[N]1. The summed E-state index contributed by atoms with van der Waals surface area (Å²) in [5.74, 6) is 0.935. The first-order chi connectivity index (χ1) is 6.87. The second-order valence-electron chi connectivity index (χ2n) is 3.52. The van der Waals surface area contributed by atoms with Gasteiger partial charge in [0.15, 0.2) is 0 Å². The Morgan fingerprint density at radius 2 is 2.57 bits per heavy atom. The molecule has 14 heavy (non-hydrogen) atoms. The van der Waals surface area contributed by atoms with Crippen LogP contribution in [0.1, 0.15) is 12.2 Å². The van der Waals surface area contributed by atoms with E-state index in [0.29, 0.717) is 0 Å². The third-order valence-electron chi connectivity index (χ3n) is 2.54. The fourth-order valence-electron chi connectivity index (χ4n) is 1.85. The van der Waals surface area contributed by atoms with Gasteiger partial charge in [0.25, 0.3) is 0 Å². The van der Waals surface area contributed by atoms with Gasteiger partial charge in [-0.15, -0.1) is 6.58 Å². The van der Waals surface area contributed by atoms with Crippen LogP contribution in [0.15, 0.2) is 25.0 Å². The number of aromatic nitrogens is 2. The molecule has 0 amide bonds. The summed E-state index contributed by atoms with van der Waals surface area (Å²) in [5, 5.41) is 8.01. The Morgan fingerprint density at radius 3 is 3.14 bits per heavy atom. The van der Waals surface area contributed by atoms with Gasteiger partial charge in [0, 0.05) is 32.0 Å². The molecule has 0 aliphatic carbocycles. The maximum atomic E-state index is 4.67. The molecular weight excluding hydrogens is 176 g/mol. The average Bonchev–Trinajstić information content (AvgIpc) is 2.73. The Labute approximate surface area is 83.8 Å². The van der Waals surface area contributed by atoms with Crippen LogP contribution in [0.2, 0.25) is 0 Å². The fraction of sp³-hybridized carbons (Fsp3) is 0.500. The number of nitrogens with one attached hydrogen (secondary N) is 2. The lowest BCUT2D eigenvalue weighted by Crippen LogP contribution is -2.53. The van der Waals surface area contributed by atoms with Gasteiger partial charge in [-0.25, -0.2) is 10.3 Å². The van der Waals surface area contributed by atoms with E-state index in [1.54, 1.807) is 6.20 Å². The highest BCUT2D eigenvalue weighted by Crippen LogP contribution is 2.24. The first kappa shape index (κ1) is 9.43. The van der Waals surface area contributed by atoms with Crippen molar-refractivity contribution in [3.8, 4) is 0 Å². The summed E-state index contributed by atoms with van der Waals surface area (Å²) in [5.41, 5.74) is -0.219. The van der Waals surface area contributed by atoms with Crippen LogP contribution in [-0.2, 0) is 5.54 Å². The minimum atomic E-state index is -0.219. The molecule has 1 aromatic heterocycles. The van der Waals surface area contributed by atoms with Crippen LogP contribution in [0.5, 0.6) is 0 Å². The maximum Gasteiger partial charge on any atom is 0.129 e. The Kier molecular flexibility index (Phi) is 2.65. The van der Waals surface area contributed by atoms with Gasteiger partial charge < -0.3 is 10.3 Å².